The molecule has 2 heterocycles. The lowest BCUT2D eigenvalue weighted by atomic mass is 10.2. The number of rotatable bonds is 4. The second kappa shape index (κ2) is 8.28. The molecule has 2 aromatic carbocycles. The summed E-state index contributed by atoms with van der Waals surface area (Å²) in [5.41, 5.74) is 2.68. The first-order valence-corrected chi connectivity index (χ1v) is 10.1. The minimum Gasteiger partial charge on any atom is -0.324 e. The fourth-order valence-electron chi connectivity index (χ4n) is 2.75. The third kappa shape index (κ3) is 4.29. The highest BCUT2D eigenvalue weighted by molar-refractivity contribution is 8.26. The summed E-state index contributed by atoms with van der Waals surface area (Å²) < 4.78 is 0.327. The maximum Gasteiger partial charge on any atom is 0.266 e. The van der Waals surface area contributed by atoms with Crippen molar-refractivity contribution in [2.45, 2.75) is 0 Å². The molecule has 0 aliphatic carbocycles. The topological polar surface area (TPSA) is 75.2 Å². The first kappa shape index (κ1) is 19.5. The predicted octanol–water partition coefficient (Wildman–Crippen LogP) is 4.12. The minimum atomic E-state index is -0.358. The lowest BCUT2D eigenvalue weighted by molar-refractivity contribution is -0.126. The van der Waals surface area contributed by atoms with Gasteiger partial charge in [0.1, 0.15) is 10.9 Å². The van der Waals surface area contributed by atoms with Crippen LogP contribution >= 0.6 is 35.6 Å². The van der Waals surface area contributed by atoms with Crippen molar-refractivity contribution >= 4 is 74.5 Å². The van der Waals surface area contributed by atoms with E-state index in [9.17, 15) is 9.59 Å². The number of aromatic nitrogens is 2. The van der Waals surface area contributed by atoms with Crippen molar-refractivity contribution in [3.63, 3.8) is 0 Å². The van der Waals surface area contributed by atoms with Crippen molar-refractivity contribution in [2.75, 3.05) is 11.9 Å². The molecular weight excluding hydrogens is 428 g/mol. The van der Waals surface area contributed by atoms with E-state index in [4.69, 9.17) is 23.8 Å². The van der Waals surface area contributed by atoms with Gasteiger partial charge in [-0.15, -0.1) is 0 Å². The van der Waals surface area contributed by atoms with Gasteiger partial charge in [0.2, 0.25) is 5.91 Å². The first-order chi connectivity index (χ1) is 14.0. The summed E-state index contributed by atoms with van der Waals surface area (Å²) in [5, 5.41) is 3.30. The van der Waals surface area contributed by atoms with Gasteiger partial charge in [0.05, 0.1) is 15.9 Å². The number of carbonyl (C=O) groups excluding carboxylic acids is 2. The van der Waals surface area contributed by atoms with Crippen LogP contribution in [-0.2, 0) is 9.59 Å². The van der Waals surface area contributed by atoms with E-state index < -0.39 is 0 Å². The second-order valence-electron chi connectivity index (χ2n) is 6.10. The van der Waals surface area contributed by atoms with Gasteiger partial charge in [-0.1, -0.05) is 53.8 Å². The van der Waals surface area contributed by atoms with Crippen LogP contribution in [0.4, 0.5) is 5.69 Å². The molecule has 1 fully saturated rings. The molecule has 0 saturated carbocycles. The van der Waals surface area contributed by atoms with Crippen molar-refractivity contribution in [3.8, 4) is 0 Å². The fourth-order valence-corrected chi connectivity index (χ4v) is 4.19. The van der Waals surface area contributed by atoms with Gasteiger partial charge in [0.25, 0.3) is 5.91 Å². The zero-order chi connectivity index (χ0) is 20.4. The Balaban J connectivity index is 1.47. The highest BCUT2D eigenvalue weighted by Crippen LogP contribution is 2.33. The van der Waals surface area contributed by atoms with Gasteiger partial charge in [-0.05, 0) is 35.9 Å². The molecule has 2 amide bonds. The number of amides is 2. The van der Waals surface area contributed by atoms with Crippen LogP contribution in [0.3, 0.4) is 0 Å². The van der Waals surface area contributed by atoms with Gasteiger partial charge in [-0.25, -0.2) is 0 Å². The zero-order valence-corrected chi connectivity index (χ0v) is 17.2. The molecule has 29 heavy (non-hydrogen) atoms. The van der Waals surface area contributed by atoms with E-state index in [2.05, 4.69) is 15.3 Å². The molecule has 0 radical (unpaired) electrons. The molecule has 9 heteroatoms. The van der Waals surface area contributed by atoms with Gasteiger partial charge in [-0.3, -0.25) is 24.5 Å². The Labute approximate surface area is 181 Å². The number of nitrogens with one attached hydrogen (secondary N) is 1. The predicted molar refractivity (Wildman–Crippen MR) is 119 cm³/mol. The van der Waals surface area contributed by atoms with Crippen molar-refractivity contribution in [3.05, 3.63) is 70.3 Å². The van der Waals surface area contributed by atoms with Crippen LogP contribution < -0.4 is 5.32 Å². The quantitative estimate of drug-likeness (QED) is 0.485. The van der Waals surface area contributed by atoms with Gasteiger partial charge >= 0.3 is 0 Å². The molecule has 1 aliphatic heterocycles. The number of hydrogen-bond donors (Lipinski definition) is 1. The summed E-state index contributed by atoms with van der Waals surface area (Å²) in [4.78, 5) is 35.3. The normalized spacial score (nSPS) is 15.3. The van der Waals surface area contributed by atoms with Gasteiger partial charge in [-0.2, -0.15) is 0 Å². The van der Waals surface area contributed by atoms with Crippen molar-refractivity contribution in [1.82, 2.24) is 14.9 Å². The third-order valence-corrected chi connectivity index (χ3v) is 5.84. The number of anilines is 1. The van der Waals surface area contributed by atoms with Crippen LogP contribution in [0.15, 0.2) is 59.8 Å². The lowest BCUT2D eigenvalue weighted by Crippen LogP contribution is -2.36. The van der Waals surface area contributed by atoms with Gasteiger partial charge in [0, 0.05) is 23.1 Å². The van der Waals surface area contributed by atoms with Crippen LogP contribution in [0.5, 0.6) is 0 Å². The van der Waals surface area contributed by atoms with Crippen LogP contribution in [0.25, 0.3) is 17.1 Å². The largest absolute Gasteiger partial charge is 0.324 e. The highest BCUT2D eigenvalue weighted by Gasteiger charge is 2.33. The number of hydrogen-bond acceptors (Lipinski definition) is 6. The van der Waals surface area contributed by atoms with E-state index in [1.807, 2.05) is 18.2 Å². The molecule has 4 rings (SSSR count). The average Bonchev–Trinajstić information content (AvgIpc) is 2.97. The Hall–Kier alpha value is -2.81. The van der Waals surface area contributed by atoms with E-state index in [1.54, 1.807) is 42.7 Å². The standard InChI is InChI=1S/C20H13ClN4O2S2/c21-14-4-2-1-3-12(14)9-17-19(27)25(20(28)29-17)11-18(26)24-13-5-6-15-16(10-13)23-8-7-22-15/h1-10H,11H2,(H,24,26). The van der Waals surface area contributed by atoms with E-state index in [1.165, 1.54) is 4.90 Å². The molecule has 3 aromatic rings. The molecule has 144 valence electrons. The maximum absolute atomic E-state index is 12.7. The number of halogens is 1. The molecule has 1 aliphatic rings. The first-order valence-electron chi connectivity index (χ1n) is 8.52. The number of carbonyl (C=O) groups is 2. The monoisotopic (exact) mass is 440 g/mol. The molecule has 1 aromatic heterocycles. The van der Waals surface area contributed by atoms with Gasteiger partial charge in [0.15, 0.2) is 0 Å². The molecule has 0 spiro atoms. The molecule has 1 saturated heterocycles. The van der Waals surface area contributed by atoms with Crippen LogP contribution in [0, 0.1) is 0 Å². The highest BCUT2D eigenvalue weighted by atomic mass is 35.5. The maximum atomic E-state index is 12.7. The SMILES string of the molecule is O=C(CN1C(=O)C(=Cc2ccccc2Cl)SC1=S)Nc1ccc2nccnc2c1. The number of benzene rings is 2. The van der Waals surface area contributed by atoms with Crippen LogP contribution in [0.2, 0.25) is 5.02 Å². The number of thioether (sulfide) groups is 1. The molecule has 0 unspecified atom stereocenters. The zero-order valence-electron chi connectivity index (χ0n) is 14.8. The second-order valence-corrected chi connectivity index (χ2v) is 8.18. The summed E-state index contributed by atoms with van der Waals surface area (Å²) in [7, 11) is 0. The van der Waals surface area contributed by atoms with E-state index >= 15 is 0 Å². The Bertz CT molecular complexity index is 1180. The number of thiocarbonyl (C=S) groups is 1. The smallest absolute Gasteiger partial charge is 0.266 e. The van der Waals surface area contributed by atoms with Crippen molar-refractivity contribution in [2.24, 2.45) is 0 Å². The molecule has 0 bridgehead atoms. The van der Waals surface area contributed by atoms with Crippen LogP contribution in [0.1, 0.15) is 5.56 Å². The Morgan fingerprint density at radius 3 is 2.72 bits per heavy atom. The summed E-state index contributed by atoms with van der Waals surface area (Å²) in [6, 6.07) is 12.4. The van der Waals surface area contributed by atoms with Crippen LogP contribution in [-0.4, -0.2) is 37.5 Å². The van der Waals surface area contributed by atoms with Gasteiger partial charge < -0.3 is 5.32 Å². The Kier molecular flexibility index (Phi) is 5.57. The summed E-state index contributed by atoms with van der Waals surface area (Å²) in [6.45, 7) is -0.178. The Morgan fingerprint density at radius 2 is 1.93 bits per heavy atom. The van der Waals surface area contributed by atoms with Crippen molar-refractivity contribution < 1.29 is 9.59 Å². The lowest BCUT2D eigenvalue weighted by Gasteiger charge is -2.14. The summed E-state index contributed by atoms with van der Waals surface area (Å²) in [6.07, 6.45) is 4.87. The number of nitrogens with zero attached hydrogens (tertiary/aromatic N) is 3. The fraction of sp³-hybridized carbons (Fsp3) is 0.0500. The van der Waals surface area contributed by atoms with Crippen molar-refractivity contribution in [1.29, 1.82) is 0 Å². The van der Waals surface area contributed by atoms with E-state index in [0.717, 1.165) is 22.8 Å². The molecule has 1 N–H and O–H groups in total. The minimum absolute atomic E-state index is 0.178. The Morgan fingerprint density at radius 1 is 1.17 bits per heavy atom. The van der Waals surface area contributed by atoms with E-state index in [0.29, 0.717) is 25.5 Å². The van der Waals surface area contributed by atoms with E-state index in [-0.39, 0.29) is 18.4 Å². The average molecular weight is 441 g/mol. The summed E-state index contributed by atoms with van der Waals surface area (Å²) >= 11 is 12.6. The molecule has 6 nitrogen and oxygen atoms in total. The number of fused-ring (bicyclic) bond motifs is 1. The molecular formula is C20H13ClN4O2S2. The third-order valence-electron chi connectivity index (χ3n) is 4.12. The summed E-state index contributed by atoms with van der Waals surface area (Å²) in [5.74, 6) is -0.678. The molecule has 0 atom stereocenters.